The molecule has 0 aromatic rings. The molecule has 0 aromatic heterocycles. The minimum Gasteiger partial charge on any atom is -0.320 e. The first-order chi connectivity index (χ1) is 5.06. The second-order valence-electron chi connectivity index (χ2n) is 1.12. The first kappa shape index (κ1) is 13.8. The summed E-state index contributed by atoms with van der Waals surface area (Å²) >= 11 is 10.8. The van der Waals surface area contributed by atoms with Crippen molar-refractivity contribution in [2.75, 3.05) is 6.26 Å². The predicted molar refractivity (Wildman–Crippen MR) is 76.2 cm³/mol. The van der Waals surface area contributed by atoms with Gasteiger partial charge < -0.3 is 4.55 Å². The highest BCUT2D eigenvalue weighted by molar-refractivity contribution is 9.47. The fraction of sp³-hybridized carbons (Fsp3) is 1.00. The van der Waals surface area contributed by atoms with E-state index >= 15 is 0 Å². The van der Waals surface area contributed by atoms with Gasteiger partial charge in [0, 0.05) is 35.7 Å². The van der Waals surface area contributed by atoms with Crippen LogP contribution in [-0.4, -0.2) is 10.8 Å². The molecule has 0 aliphatic heterocycles. The van der Waals surface area contributed by atoms with Gasteiger partial charge >= 0.3 is 0 Å². The Morgan fingerprint density at radius 1 is 1.09 bits per heavy atom. The van der Waals surface area contributed by atoms with Crippen LogP contribution in [0.5, 0.6) is 0 Å². The first-order valence-corrected chi connectivity index (χ1v) is 13.8. The van der Waals surface area contributed by atoms with E-state index in [-0.39, 0.29) is 0 Å². The molecule has 0 radical (unpaired) electrons. The molecule has 0 aliphatic carbocycles. The summed E-state index contributed by atoms with van der Waals surface area (Å²) in [5, 5.41) is 0. The lowest BCUT2D eigenvalue weighted by molar-refractivity contribution is 0.676. The fourth-order valence-corrected chi connectivity index (χ4v) is 17.0. The summed E-state index contributed by atoms with van der Waals surface area (Å²) in [5.74, 6) is 0. The fourth-order valence-electron chi connectivity index (χ4n) is 0.0969. The van der Waals surface area contributed by atoms with Crippen molar-refractivity contribution < 1.29 is 4.55 Å². The first-order valence-electron chi connectivity index (χ1n) is 1.92. The lowest BCUT2D eigenvalue weighted by atomic mass is 12.0. The molecule has 0 unspecified atom stereocenters. The summed E-state index contributed by atoms with van der Waals surface area (Å²) in [6, 6.07) is 0. The van der Waals surface area contributed by atoms with E-state index in [2.05, 4.69) is 0 Å². The van der Waals surface area contributed by atoms with E-state index in [9.17, 15) is 0 Å². The molecule has 10 heteroatoms. The van der Waals surface area contributed by atoms with Gasteiger partial charge in [-0.15, -0.1) is 0 Å². The second-order valence-corrected chi connectivity index (χ2v) is 19.9. The van der Waals surface area contributed by atoms with Gasteiger partial charge in [0.25, 0.3) is 0 Å². The van der Waals surface area contributed by atoms with Gasteiger partial charge in [0.2, 0.25) is 0 Å². The maximum absolute atomic E-state index is 8.32. The Labute approximate surface area is 98.2 Å². The Hall–Kier alpha value is 2.85. The Morgan fingerprint density at radius 2 is 1.64 bits per heavy atom. The van der Waals surface area contributed by atoms with Gasteiger partial charge in [-0.1, -0.05) is 0 Å². The molecule has 0 heterocycles. The highest BCUT2D eigenvalue weighted by Gasteiger charge is 1.97. The molecule has 0 aromatic carbocycles. The standard InChI is InChI=1S/CH4OS9/c1-11(3,4)10-9-8-7-6-5-2/h2H,1H3. The van der Waals surface area contributed by atoms with Crippen LogP contribution in [0.25, 0.3) is 0 Å². The molecule has 68 valence electrons. The molecule has 0 amide bonds. The largest absolute Gasteiger partial charge is 0.320 e. The molecule has 0 atom stereocenters. The van der Waals surface area contributed by atoms with Crippen LogP contribution in [0.2, 0.25) is 0 Å². The molecule has 0 aliphatic rings. The molecule has 0 bridgehead atoms. The zero-order chi connectivity index (χ0) is 8.74. The average Bonchev–Trinajstić information content (AvgIpc) is 1.85. The van der Waals surface area contributed by atoms with E-state index in [0.717, 1.165) is 11.1 Å². The van der Waals surface area contributed by atoms with Crippen molar-refractivity contribution in [2.24, 2.45) is 0 Å². The van der Waals surface area contributed by atoms with Crippen molar-refractivity contribution in [3.63, 3.8) is 0 Å². The van der Waals surface area contributed by atoms with Crippen LogP contribution in [0, 0.1) is 0 Å². The Balaban J connectivity index is 3.16. The topological polar surface area (TPSA) is 20.2 Å². The molecule has 0 saturated carbocycles. The second kappa shape index (κ2) is 8.18. The van der Waals surface area contributed by atoms with Crippen LogP contribution >= 0.6 is 60.2 Å². The Kier molecular flexibility index (Phi) is 10.3. The maximum Gasteiger partial charge on any atom is 0.0720 e. The van der Waals surface area contributed by atoms with Crippen LogP contribution in [0.15, 0.2) is 0 Å². The molecule has 1 N–H and O–H groups in total. The quantitative estimate of drug-likeness (QED) is 0.440. The van der Waals surface area contributed by atoms with Crippen LogP contribution in [-0.2, 0) is 28.6 Å². The molecular formula is CH4OS9. The van der Waals surface area contributed by atoms with E-state index in [1.54, 1.807) is 29.5 Å². The summed E-state index contributed by atoms with van der Waals surface area (Å²) < 4.78 is 8.32. The van der Waals surface area contributed by atoms with E-state index in [4.69, 9.17) is 26.9 Å². The summed E-state index contributed by atoms with van der Waals surface area (Å²) in [5.41, 5.74) is 0. The van der Waals surface area contributed by atoms with Gasteiger partial charge in [0.1, 0.15) is 0 Å². The summed E-state index contributed by atoms with van der Waals surface area (Å²) in [4.78, 5) is 0. The van der Waals surface area contributed by atoms with Crippen molar-refractivity contribution in [1.82, 2.24) is 0 Å². The number of rotatable bonds is 6. The molecule has 1 nitrogen and oxygen atoms in total. The Bertz CT molecular complexity index is 168. The van der Waals surface area contributed by atoms with E-state index in [1.165, 1.54) is 19.7 Å². The summed E-state index contributed by atoms with van der Waals surface area (Å²) in [6.07, 6.45) is 0.620. The van der Waals surface area contributed by atoms with Crippen molar-refractivity contribution in [3.8, 4) is 0 Å². The monoisotopic (exact) mass is 320 g/mol. The SMILES string of the molecule is CS(=S)(=S)SSSSSSO. The van der Waals surface area contributed by atoms with Gasteiger partial charge in [0.15, 0.2) is 0 Å². The van der Waals surface area contributed by atoms with Crippen LogP contribution in [0.4, 0.5) is 0 Å². The summed E-state index contributed by atoms with van der Waals surface area (Å²) in [6.45, 7) is 0. The molecule has 0 rings (SSSR count). The summed E-state index contributed by atoms with van der Waals surface area (Å²) in [7, 11) is 7.52. The molecule has 0 spiro atoms. The molecule has 11 heavy (non-hydrogen) atoms. The third-order valence-electron chi connectivity index (χ3n) is 0.265. The van der Waals surface area contributed by atoms with Crippen molar-refractivity contribution in [3.05, 3.63) is 0 Å². The lowest BCUT2D eigenvalue weighted by Crippen LogP contribution is -1.75. The minimum absolute atomic E-state index is 0.750. The van der Waals surface area contributed by atoms with E-state index < -0.39 is 6.18 Å². The van der Waals surface area contributed by atoms with Gasteiger partial charge in [-0.25, -0.2) is 0 Å². The molecule has 0 fully saturated rings. The highest BCUT2D eigenvalue weighted by Crippen LogP contribution is 2.52. The Morgan fingerprint density at radius 3 is 2.09 bits per heavy atom. The minimum atomic E-state index is -1.28. The van der Waals surface area contributed by atoms with Crippen LogP contribution in [0.3, 0.4) is 0 Å². The molecule has 0 saturated heterocycles. The number of hydrogen-bond donors (Lipinski definition) is 1. The van der Waals surface area contributed by atoms with Gasteiger partial charge in [-0.2, -0.15) is 0 Å². The van der Waals surface area contributed by atoms with Gasteiger partial charge in [0.05, 0.1) is 11.1 Å². The van der Waals surface area contributed by atoms with E-state index in [0.29, 0.717) is 0 Å². The normalized spacial score (nSPS) is 11.8. The highest BCUT2D eigenvalue weighted by atomic mass is 34.0. The predicted octanol–water partition coefficient (Wildman–Crippen LogP) is 4.06. The lowest BCUT2D eigenvalue weighted by Gasteiger charge is -1.98. The van der Waals surface area contributed by atoms with Crippen LogP contribution in [0.1, 0.15) is 0 Å². The number of hydrogen-bond acceptors (Lipinski definition) is 9. The third-order valence-corrected chi connectivity index (χ3v) is 16.2. The van der Waals surface area contributed by atoms with Gasteiger partial charge in [-0.05, 0) is 48.2 Å². The van der Waals surface area contributed by atoms with Crippen LogP contribution < -0.4 is 0 Å². The van der Waals surface area contributed by atoms with Gasteiger partial charge in [-0.3, -0.25) is 0 Å². The average molecular weight is 321 g/mol. The zero-order valence-electron chi connectivity index (χ0n) is 5.12. The maximum atomic E-state index is 8.32. The van der Waals surface area contributed by atoms with Crippen molar-refractivity contribution >= 4 is 88.8 Å². The smallest absolute Gasteiger partial charge is 0.0720 e. The third kappa shape index (κ3) is 12.8. The molecular weight excluding hydrogens is 317 g/mol. The van der Waals surface area contributed by atoms with Crippen molar-refractivity contribution in [2.45, 2.75) is 0 Å². The van der Waals surface area contributed by atoms with Crippen molar-refractivity contribution in [1.29, 1.82) is 0 Å². The van der Waals surface area contributed by atoms with E-state index in [1.807, 2.05) is 6.26 Å². The zero-order valence-corrected chi connectivity index (χ0v) is 12.5.